The Balaban J connectivity index is 2.72. The molecule has 0 heterocycles. The molecule has 0 aliphatic heterocycles. The molecule has 0 saturated heterocycles. The molecule has 0 spiro atoms. The van der Waals surface area contributed by atoms with Crippen LogP contribution < -0.4 is 14.8 Å². The quantitative estimate of drug-likeness (QED) is 0.625. The second-order valence-electron chi connectivity index (χ2n) is 3.07. The molecule has 92 valence electrons. The molecule has 0 aliphatic rings. The highest BCUT2D eigenvalue weighted by Gasteiger charge is 2.03. The minimum absolute atomic E-state index is 0.419. The van der Waals surface area contributed by atoms with Crippen LogP contribution in [0.2, 0.25) is 0 Å². The highest BCUT2D eigenvalue weighted by atomic mass is 16.5. The van der Waals surface area contributed by atoms with Gasteiger partial charge < -0.3 is 19.5 Å². The van der Waals surface area contributed by atoms with Crippen molar-refractivity contribution in [1.82, 2.24) is 0 Å². The van der Waals surface area contributed by atoms with E-state index in [1.54, 1.807) is 26.4 Å². The van der Waals surface area contributed by atoms with Gasteiger partial charge in [0.25, 0.3) is 0 Å². The van der Waals surface area contributed by atoms with E-state index in [0.29, 0.717) is 11.5 Å². The summed E-state index contributed by atoms with van der Waals surface area (Å²) in [5.41, 5.74) is 0.780. The SMILES string of the molecule is COC(=O)/C=C/Nc1ccc(OC)c(OC)c1. The van der Waals surface area contributed by atoms with Gasteiger partial charge in [-0.2, -0.15) is 0 Å². The van der Waals surface area contributed by atoms with Gasteiger partial charge in [-0.15, -0.1) is 0 Å². The molecule has 1 rings (SSSR count). The lowest BCUT2D eigenvalue weighted by atomic mass is 10.3. The summed E-state index contributed by atoms with van der Waals surface area (Å²) >= 11 is 0. The molecular weight excluding hydrogens is 222 g/mol. The van der Waals surface area contributed by atoms with Gasteiger partial charge in [0, 0.05) is 24.0 Å². The van der Waals surface area contributed by atoms with Crippen molar-refractivity contribution in [2.75, 3.05) is 26.6 Å². The molecule has 1 aromatic carbocycles. The van der Waals surface area contributed by atoms with Crippen LogP contribution in [0.15, 0.2) is 30.5 Å². The summed E-state index contributed by atoms with van der Waals surface area (Å²) in [6, 6.07) is 5.34. The number of hydrogen-bond donors (Lipinski definition) is 1. The summed E-state index contributed by atoms with van der Waals surface area (Å²) in [7, 11) is 4.46. The first kappa shape index (κ1) is 12.9. The first-order valence-corrected chi connectivity index (χ1v) is 4.94. The Morgan fingerprint density at radius 2 is 1.88 bits per heavy atom. The lowest BCUT2D eigenvalue weighted by Crippen LogP contribution is -1.97. The number of methoxy groups -OCH3 is 3. The predicted molar refractivity (Wildman–Crippen MR) is 64.3 cm³/mol. The molecule has 1 N–H and O–H groups in total. The zero-order valence-electron chi connectivity index (χ0n) is 10.0. The maximum atomic E-state index is 10.8. The summed E-state index contributed by atoms with van der Waals surface area (Å²) in [6.07, 6.45) is 2.78. The summed E-state index contributed by atoms with van der Waals surface area (Å²) in [5.74, 6) is 0.844. The zero-order chi connectivity index (χ0) is 12.7. The Morgan fingerprint density at radius 1 is 1.18 bits per heavy atom. The summed E-state index contributed by atoms with van der Waals surface area (Å²) in [5, 5.41) is 2.92. The van der Waals surface area contributed by atoms with Crippen molar-refractivity contribution in [3.8, 4) is 11.5 Å². The lowest BCUT2D eigenvalue weighted by molar-refractivity contribution is -0.134. The zero-order valence-corrected chi connectivity index (χ0v) is 10.0. The third kappa shape index (κ3) is 3.71. The number of nitrogens with one attached hydrogen (secondary N) is 1. The average molecular weight is 237 g/mol. The fourth-order valence-electron chi connectivity index (χ4n) is 1.20. The number of benzene rings is 1. The molecule has 0 unspecified atom stereocenters. The molecule has 0 aromatic heterocycles. The number of anilines is 1. The Kier molecular flexibility index (Phi) is 4.87. The number of carbonyl (C=O) groups is 1. The number of ether oxygens (including phenoxy) is 3. The molecule has 0 fully saturated rings. The van der Waals surface area contributed by atoms with E-state index < -0.39 is 5.97 Å². The van der Waals surface area contributed by atoms with Crippen molar-refractivity contribution < 1.29 is 19.0 Å². The monoisotopic (exact) mass is 237 g/mol. The topological polar surface area (TPSA) is 56.8 Å². The van der Waals surface area contributed by atoms with Crippen LogP contribution in [0.1, 0.15) is 0 Å². The second-order valence-corrected chi connectivity index (χ2v) is 3.07. The van der Waals surface area contributed by atoms with Crippen molar-refractivity contribution in [3.63, 3.8) is 0 Å². The smallest absolute Gasteiger partial charge is 0.331 e. The second kappa shape index (κ2) is 6.42. The maximum absolute atomic E-state index is 10.8. The van der Waals surface area contributed by atoms with Gasteiger partial charge in [-0.05, 0) is 12.1 Å². The van der Waals surface area contributed by atoms with Crippen LogP contribution in [0.25, 0.3) is 0 Å². The average Bonchev–Trinajstić information content (AvgIpc) is 2.38. The first-order valence-electron chi connectivity index (χ1n) is 4.94. The fourth-order valence-corrected chi connectivity index (χ4v) is 1.20. The van der Waals surface area contributed by atoms with E-state index in [1.807, 2.05) is 6.07 Å². The van der Waals surface area contributed by atoms with E-state index in [1.165, 1.54) is 19.4 Å². The Bertz CT molecular complexity index is 415. The molecule has 0 amide bonds. The molecule has 1 aromatic rings. The van der Waals surface area contributed by atoms with Crippen molar-refractivity contribution in [3.05, 3.63) is 30.5 Å². The van der Waals surface area contributed by atoms with Crippen LogP contribution in [-0.2, 0) is 9.53 Å². The number of carbonyl (C=O) groups excluding carboxylic acids is 1. The van der Waals surface area contributed by atoms with Gasteiger partial charge in [0.05, 0.1) is 21.3 Å². The largest absolute Gasteiger partial charge is 0.493 e. The van der Waals surface area contributed by atoms with Crippen molar-refractivity contribution in [2.24, 2.45) is 0 Å². The van der Waals surface area contributed by atoms with Crippen LogP contribution in [0.3, 0.4) is 0 Å². The molecule has 0 aliphatic carbocycles. The Morgan fingerprint density at radius 3 is 2.47 bits per heavy atom. The van der Waals surface area contributed by atoms with E-state index >= 15 is 0 Å². The predicted octanol–water partition coefficient (Wildman–Crippen LogP) is 1.80. The van der Waals surface area contributed by atoms with Gasteiger partial charge in [0.1, 0.15) is 0 Å². The Hall–Kier alpha value is -2.17. The van der Waals surface area contributed by atoms with Crippen LogP contribution in [0.5, 0.6) is 11.5 Å². The van der Waals surface area contributed by atoms with Crippen LogP contribution in [-0.4, -0.2) is 27.3 Å². The number of rotatable bonds is 5. The highest BCUT2D eigenvalue weighted by molar-refractivity contribution is 5.82. The maximum Gasteiger partial charge on any atom is 0.331 e. The lowest BCUT2D eigenvalue weighted by Gasteiger charge is -2.09. The van der Waals surface area contributed by atoms with Gasteiger partial charge in [0.2, 0.25) is 0 Å². The highest BCUT2D eigenvalue weighted by Crippen LogP contribution is 2.29. The van der Waals surface area contributed by atoms with Gasteiger partial charge in [-0.1, -0.05) is 0 Å². The molecule has 0 atom stereocenters. The molecular formula is C12H15NO4. The van der Waals surface area contributed by atoms with E-state index in [-0.39, 0.29) is 0 Å². The summed E-state index contributed by atoms with van der Waals surface area (Å²) in [6.45, 7) is 0. The van der Waals surface area contributed by atoms with Crippen molar-refractivity contribution in [2.45, 2.75) is 0 Å². The third-order valence-electron chi connectivity index (χ3n) is 2.05. The van der Waals surface area contributed by atoms with Gasteiger partial charge in [-0.3, -0.25) is 0 Å². The van der Waals surface area contributed by atoms with Crippen LogP contribution in [0.4, 0.5) is 5.69 Å². The third-order valence-corrected chi connectivity index (χ3v) is 2.05. The normalized spacial score (nSPS) is 10.1. The molecule has 5 heteroatoms. The minimum atomic E-state index is -0.419. The molecule has 5 nitrogen and oxygen atoms in total. The van der Waals surface area contributed by atoms with E-state index in [0.717, 1.165) is 5.69 Å². The van der Waals surface area contributed by atoms with E-state index in [9.17, 15) is 4.79 Å². The van der Waals surface area contributed by atoms with Crippen molar-refractivity contribution in [1.29, 1.82) is 0 Å². The van der Waals surface area contributed by atoms with E-state index in [4.69, 9.17) is 9.47 Å². The van der Waals surface area contributed by atoms with E-state index in [2.05, 4.69) is 10.1 Å². The summed E-state index contributed by atoms with van der Waals surface area (Å²) in [4.78, 5) is 10.8. The van der Waals surface area contributed by atoms with Crippen molar-refractivity contribution >= 4 is 11.7 Å². The van der Waals surface area contributed by atoms with Gasteiger partial charge in [-0.25, -0.2) is 4.79 Å². The van der Waals surface area contributed by atoms with Gasteiger partial charge >= 0.3 is 5.97 Å². The fraction of sp³-hybridized carbons (Fsp3) is 0.250. The van der Waals surface area contributed by atoms with Gasteiger partial charge in [0.15, 0.2) is 11.5 Å². The first-order chi connectivity index (χ1) is 8.21. The summed E-state index contributed by atoms with van der Waals surface area (Å²) < 4.78 is 14.7. The molecule has 0 bridgehead atoms. The minimum Gasteiger partial charge on any atom is -0.493 e. The standard InChI is InChI=1S/C12H15NO4/c1-15-10-5-4-9(8-11(10)16-2)13-7-6-12(14)17-3/h4-8,13H,1-3H3/b7-6+. The van der Waals surface area contributed by atoms with Crippen LogP contribution in [0, 0.1) is 0 Å². The molecule has 17 heavy (non-hydrogen) atoms. The number of esters is 1. The molecule has 0 saturated carbocycles. The molecule has 0 radical (unpaired) electrons. The Labute approximate surface area is 100.0 Å². The number of hydrogen-bond acceptors (Lipinski definition) is 5. The van der Waals surface area contributed by atoms with Crippen LogP contribution >= 0.6 is 0 Å².